The van der Waals surface area contributed by atoms with Gasteiger partial charge in [-0.25, -0.2) is 14.4 Å². The molecule has 1 N–H and O–H groups in total. The molecule has 172 valence electrons. The molecule has 1 aliphatic rings. The van der Waals surface area contributed by atoms with Crippen molar-refractivity contribution in [2.75, 3.05) is 0 Å². The van der Waals surface area contributed by atoms with Gasteiger partial charge < -0.3 is 14.4 Å². The normalized spacial score (nSPS) is 15.0. The van der Waals surface area contributed by atoms with Crippen LogP contribution < -0.4 is 0 Å². The molecule has 8 nitrogen and oxygen atoms in total. The summed E-state index contributed by atoms with van der Waals surface area (Å²) in [6.07, 6.45) is -1.27. The van der Waals surface area contributed by atoms with E-state index in [1.54, 1.807) is 24.3 Å². The van der Waals surface area contributed by atoms with Crippen molar-refractivity contribution in [3.05, 3.63) is 95.1 Å². The van der Waals surface area contributed by atoms with Crippen LogP contribution in [-0.2, 0) is 6.54 Å². The molecule has 2 aromatic heterocycles. The van der Waals surface area contributed by atoms with E-state index in [0.717, 1.165) is 0 Å². The lowest BCUT2D eigenvalue weighted by Crippen LogP contribution is -2.34. The Balaban J connectivity index is 1.51. The number of hydrogen-bond donors (Lipinski definition) is 1. The Morgan fingerprint density at radius 3 is 2.53 bits per heavy atom. The van der Waals surface area contributed by atoms with Gasteiger partial charge in [-0.15, -0.1) is 10.2 Å². The van der Waals surface area contributed by atoms with Crippen molar-refractivity contribution in [2.24, 2.45) is 0 Å². The molecule has 0 saturated heterocycles. The van der Waals surface area contributed by atoms with Crippen LogP contribution in [0.1, 0.15) is 51.8 Å². The Labute approximate surface area is 190 Å². The molecular weight excluding hydrogens is 451 g/mol. The highest BCUT2D eigenvalue weighted by molar-refractivity contribution is 5.99. The van der Waals surface area contributed by atoms with Gasteiger partial charge in [-0.3, -0.25) is 4.79 Å². The van der Waals surface area contributed by atoms with Gasteiger partial charge in [-0.1, -0.05) is 18.2 Å². The second-order valence-electron chi connectivity index (χ2n) is 7.60. The van der Waals surface area contributed by atoms with Crippen molar-refractivity contribution in [1.82, 2.24) is 25.1 Å². The molecule has 5 rings (SSSR count). The molecule has 0 aliphatic carbocycles. The van der Waals surface area contributed by atoms with Crippen LogP contribution in [0.3, 0.4) is 0 Å². The van der Waals surface area contributed by atoms with Crippen LogP contribution in [-0.4, -0.2) is 36.1 Å². The minimum Gasteiger partial charge on any atom is -0.415 e. The van der Waals surface area contributed by atoms with Gasteiger partial charge in [0, 0.05) is 30.1 Å². The number of aliphatic hydroxyl groups is 1. The maximum absolute atomic E-state index is 13.8. The number of nitrogens with zero attached hydrogens (tertiary/aromatic N) is 5. The lowest BCUT2D eigenvalue weighted by atomic mass is 10.00. The van der Waals surface area contributed by atoms with E-state index in [9.17, 15) is 23.1 Å². The van der Waals surface area contributed by atoms with Crippen molar-refractivity contribution >= 4 is 5.91 Å². The van der Waals surface area contributed by atoms with Crippen LogP contribution in [0, 0.1) is 5.82 Å². The summed E-state index contributed by atoms with van der Waals surface area (Å²) in [6, 6.07) is 10.7. The van der Waals surface area contributed by atoms with Gasteiger partial charge >= 0.3 is 6.43 Å². The first-order valence-corrected chi connectivity index (χ1v) is 10.2. The Hall–Kier alpha value is -4.12. The molecule has 34 heavy (non-hydrogen) atoms. The summed E-state index contributed by atoms with van der Waals surface area (Å²) in [7, 11) is 0. The largest absolute Gasteiger partial charge is 0.415 e. The Kier molecular flexibility index (Phi) is 5.54. The van der Waals surface area contributed by atoms with E-state index < -0.39 is 36.2 Å². The first kappa shape index (κ1) is 21.7. The number of alkyl halides is 2. The first-order valence-electron chi connectivity index (χ1n) is 10.2. The summed E-state index contributed by atoms with van der Waals surface area (Å²) in [5, 5.41) is 18.1. The minimum absolute atomic E-state index is 0.121. The van der Waals surface area contributed by atoms with Crippen molar-refractivity contribution in [3.63, 3.8) is 0 Å². The molecule has 11 heteroatoms. The van der Waals surface area contributed by atoms with Crippen molar-refractivity contribution in [3.8, 4) is 11.5 Å². The molecule has 0 bridgehead atoms. The quantitative estimate of drug-likeness (QED) is 0.456. The smallest absolute Gasteiger partial charge is 0.314 e. The molecular formula is C23H16F3N5O3. The van der Waals surface area contributed by atoms with Gasteiger partial charge in [0.25, 0.3) is 11.8 Å². The van der Waals surface area contributed by atoms with Gasteiger partial charge in [-0.05, 0) is 41.5 Å². The van der Waals surface area contributed by atoms with Crippen LogP contribution in [0.25, 0.3) is 11.5 Å². The zero-order valence-corrected chi connectivity index (χ0v) is 17.3. The van der Waals surface area contributed by atoms with E-state index in [0.29, 0.717) is 11.1 Å². The molecule has 4 aromatic rings. The number of aromatic nitrogens is 4. The van der Waals surface area contributed by atoms with E-state index in [2.05, 4.69) is 20.2 Å². The second-order valence-corrected chi connectivity index (χ2v) is 7.60. The first-order chi connectivity index (χ1) is 16.4. The summed E-state index contributed by atoms with van der Waals surface area (Å²) in [4.78, 5) is 23.2. The molecule has 0 unspecified atom stereocenters. The number of aliphatic hydroxyl groups excluding tert-OH is 1. The third-order valence-electron chi connectivity index (χ3n) is 5.49. The number of rotatable bonds is 6. The molecule has 0 spiro atoms. The SMILES string of the molecule is O=C1c2cc(-c3nnc(C(F)F)o3)ccc2CN1[C@H](c1ncccn1)[C@@H](O)c1cccc(F)c1. The zero-order valence-electron chi connectivity index (χ0n) is 17.3. The lowest BCUT2D eigenvalue weighted by Gasteiger charge is -2.30. The third-order valence-corrected chi connectivity index (χ3v) is 5.49. The molecule has 2 aromatic carbocycles. The highest BCUT2D eigenvalue weighted by Gasteiger charge is 2.39. The van der Waals surface area contributed by atoms with Crippen molar-refractivity contribution in [1.29, 1.82) is 0 Å². The summed E-state index contributed by atoms with van der Waals surface area (Å²) in [6.45, 7) is 0.121. The van der Waals surface area contributed by atoms with Gasteiger partial charge in [-0.2, -0.15) is 8.78 Å². The van der Waals surface area contributed by atoms with E-state index >= 15 is 0 Å². The molecule has 0 radical (unpaired) electrons. The number of fused-ring (bicyclic) bond motifs is 1. The maximum Gasteiger partial charge on any atom is 0.314 e. The van der Waals surface area contributed by atoms with E-state index in [1.165, 1.54) is 41.6 Å². The molecule has 1 aliphatic heterocycles. The summed E-state index contributed by atoms with van der Waals surface area (Å²) in [5.74, 6) is -1.76. The van der Waals surface area contributed by atoms with Gasteiger partial charge in [0.15, 0.2) is 5.82 Å². The Morgan fingerprint density at radius 1 is 1.03 bits per heavy atom. The van der Waals surface area contributed by atoms with Gasteiger partial charge in [0.2, 0.25) is 5.89 Å². The van der Waals surface area contributed by atoms with E-state index in [4.69, 9.17) is 4.42 Å². The molecule has 1 amide bonds. The predicted molar refractivity (Wildman–Crippen MR) is 111 cm³/mol. The summed E-state index contributed by atoms with van der Waals surface area (Å²) in [5.41, 5.74) is 1.47. The zero-order chi connectivity index (χ0) is 23.8. The van der Waals surface area contributed by atoms with Crippen molar-refractivity contribution < 1.29 is 27.5 Å². The van der Waals surface area contributed by atoms with Crippen LogP contribution in [0.15, 0.2) is 65.3 Å². The fourth-order valence-electron chi connectivity index (χ4n) is 3.91. The number of halogens is 3. The monoisotopic (exact) mass is 467 g/mol. The van der Waals surface area contributed by atoms with Crippen LogP contribution in [0.5, 0.6) is 0 Å². The number of carbonyl (C=O) groups excluding carboxylic acids is 1. The Bertz CT molecular complexity index is 1350. The highest BCUT2D eigenvalue weighted by atomic mass is 19.3. The predicted octanol–water partition coefficient (Wildman–Crippen LogP) is 4.03. The number of benzene rings is 2. The number of hydrogen-bond acceptors (Lipinski definition) is 7. The minimum atomic E-state index is -2.91. The fourth-order valence-corrected chi connectivity index (χ4v) is 3.91. The highest BCUT2D eigenvalue weighted by Crippen LogP contribution is 2.39. The average molecular weight is 467 g/mol. The van der Waals surface area contributed by atoms with Crippen molar-refractivity contribution in [2.45, 2.75) is 25.1 Å². The topological polar surface area (TPSA) is 105 Å². The van der Waals surface area contributed by atoms with Crippen LogP contribution in [0.2, 0.25) is 0 Å². The molecule has 0 fully saturated rings. The average Bonchev–Trinajstić information content (AvgIpc) is 3.46. The van der Waals surface area contributed by atoms with Crippen LogP contribution >= 0.6 is 0 Å². The summed E-state index contributed by atoms with van der Waals surface area (Å²) >= 11 is 0. The lowest BCUT2D eigenvalue weighted by molar-refractivity contribution is 0.0331. The van der Waals surface area contributed by atoms with Crippen LogP contribution in [0.4, 0.5) is 13.2 Å². The Morgan fingerprint density at radius 2 is 1.82 bits per heavy atom. The molecule has 3 heterocycles. The molecule has 2 atom stereocenters. The number of amides is 1. The maximum atomic E-state index is 13.8. The number of carbonyl (C=O) groups is 1. The van der Waals surface area contributed by atoms with Gasteiger partial charge in [0.1, 0.15) is 18.0 Å². The fraction of sp³-hybridized carbons (Fsp3) is 0.174. The third kappa shape index (κ3) is 3.90. The second kappa shape index (κ2) is 8.67. The van der Waals surface area contributed by atoms with Gasteiger partial charge in [0.05, 0.1) is 0 Å². The summed E-state index contributed by atoms with van der Waals surface area (Å²) < 4.78 is 44.4. The standard InChI is InChI=1S/C23H16F3N5O3/c24-15-4-1-3-12(9-15)18(32)17(20-27-7-2-8-28-20)31-11-14-6-5-13(10-16(14)23(31)33)21-29-30-22(34-21)19(25)26/h1-10,17-19,32H,11H2/t17-,18-/m0/s1. The van der Waals surface area contributed by atoms with E-state index in [1.807, 2.05) is 0 Å². The molecule has 0 saturated carbocycles. The van der Waals surface area contributed by atoms with E-state index in [-0.39, 0.29) is 29.4 Å².